The highest BCUT2D eigenvalue weighted by molar-refractivity contribution is 7.19. The van der Waals surface area contributed by atoms with Crippen LogP contribution in [0.4, 0.5) is 5.69 Å². The second kappa shape index (κ2) is 13.1. The average molecular weight is 530 g/mol. The summed E-state index contributed by atoms with van der Waals surface area (Å²) < 4.78 is 5.28. The number of para-hydroxylation sites is 1. The lowest BCUT2D eigenvalue weighted by molar-refractivity contribution is 0.416. The SMILES string of the molecule is COc1ccccc1-c1ccccc1[N+]#N.c1ccc([B-](c2ccccc2)(c2ccccc2)c2ccccc2)cc1. The normalized spacial score (nSPS) is 10.5. The van der Waals surface area contributed by atoms with Gasteiger partial charge in [-0.3, -0.25) is 0 Å². The van der Waals surface area contributed by atoms with Gasteiger partial charge in [0.25, 0.3) is 0 Å². The topological polar surface area (TPSA) is 37.4 Å². The van der Waals surface area contributed by atoms with E-state index in [-0.39, 0.29) is 0 Å². The zero-order valence-corrected chi connectivity index (χ0v) is 23.0. The lowest BCUT2D eigenvalue weighted by atomic mass is 9.13. The summed E-state index contributed by atoms with van der Waals surface area (Å²) in [6.07, 6.45) is -1.22. The van der Waals surface area contributed by atoms with Gasteiger partial charge >= 0.3 is 5.69 Å². The first-order valence-corrected chi connectivity index (χ1v) is 13.7. The van der Waals surface area contributed by atoms with E-state index in [0.29, 0.717) is 5.69 Å². The zero-order chi connectivity index (χ0) is 28.3. The first-order chi connectivity index (χ1) is 20.3. The Hall–Kier alpha value is -5.40. The summed E-state index contributed by atoms with van der Waals surface area (Å²) in [5.74, 6) is 0.763. The van der Waals surface area contributed by atoms with E-state index in [1.165, 1.54) is 21.9 Å². The molecule has 0 fully saturated rings. The molecule has 0 aliphatic rings. The molecule has 0 aliphatic carbocycles. The van der Waals surface area contributed by atoms with Gasteiger partial charge < -0.3 is 4.74 Å². The Balaban J connectivity index is 0.000000182. The first-order valence-electron chi connectivity index (χ1n) is 13.7. The van der Waals surface area contributed by atoms with E-state index in [9.17, 15) is 0 Å². The lowest BCUT2D eigenvalue weighted by Gasteiger charge is -2.44. The van der Waals surface area contributed by atoms with E-state index >= 15 is 0 Å². The van der Waals surface area contributed by atoms with Gasteiger partial charge in [-0.05, 0) is 12.1 Å². The van der Waals surface area contributed by atoms with Gasteiger partial charge in [0, 0.05) is 11.6 Å². The monoisotopic (exact) mass is 530 g/mol. The zero-order valence-electron chi connectivity index (χ0n) is 23.0. The Bertz CT molecular complexity index is 1550. The van der Waals surface area contributed by atoms with E-state index in [4.69, 9.17) is 10.1 Å². The molecule has 0 bridgehead atoms. The van der Waals surface area contributed by atoms with Crippen LogP contribution in [0.5, 0.6) is 5.75 Å². The summed E-state index contributed by atoms with van der Waals surface area (Å²) >= 11 is 0. The van der Waals surface area contributed by atoms with Crippen molar-refractivity contribution in [2.24, 2.45) is 0 Å². The van der Waals surface area contributed by atoms with Crippen molar-refractivity contribution in [3.05, 3.63) is 175 Å². The molecule has 6 rings (SSSR count). The van der Waals surface area contributed by atoms with Crippen LogP contribution in [0, 0.1) is 5.39 Å². The number of hydrogen-bond donors (Lipinski definition) is 0. The molecule has 0 atom stereocenters. The average Bonchev–Trinajstić information content (AvgIpc) is 3.07. The van der Waals surface area contributed by atoms with Crippen molar-refractivity contribution in [1.29, 1.82) is 5.39 Å². The van der Waals surface area contributed by atoms with Crippen LogP contribution in [-0.4, -0.2) is 13.3 Å². The van der Waals surface area contributed by atoms with Crippen LogP contribution in [0.15, 0.2) is 170 Å². The van der Waals surface area contributed by atoms with Crippen LogP contribution in [0.2, 0.25) is 0 Å². The summed E-state index contributed by atoms with van der Waals surface area (Å²) in [6.45, 7) is 0. The predicted octanol–water partition coefficient (Wildman–Crippen LogP) is 6.91. The molecule has 0 unspecified atom stereocenters. The number of ether oxygens (including phenoxy) is 1. The van der Waals surface area contributed by atoms with E-state index in [1.54, 1.807) is 13.2 Å². The summed E-state index contributed by atoms with van der Waals surface area (Å²) in [4.78, 5) is 3.27. The molecule has 0 aliphatic heterocycles. The highest BCUT2D eigenvalue weighted by atomic mass is 16.5. The number of hydrogen-bond acceptors (Lipinski definition) is 2. The maximum absolute atomic E-state index is 8.93. The van der Waals surface area contributed by atoms with Gasteiger partial charge in [0.15, 0.2) is 4.98 Å². The van der Waals surface area contributed by atoms with Crippen molar-refractivity contribution in [2.45, 2.75) is 0 Å². The number of rotatable bonds is 6. The Morgan fingerprint density at radius 1 is 0.439 bits per heavy atom. The maximum Gasteiger partial charge on any atom is 0.392 e. The summed E-state index contributed by atoms with van der Waals surface area (Å²) in [5.41, 5.74) is 7.65. The molecule has 0 amide bonds. The van der Waals surface area contributed by atoms with Crippen LogP contribution in [0.1, 0.15) is 0 Å². The molecular weight excluding hydrogens is 499 g/mol. The van der Waals surface area contributed by atoms with Crippen molar-refractivity contribution in [3.63, 3.8) is 0 Å². The van der Waals surface area contributed by atoms with E-state index < -0.39 is 6.15 Å². The third-order valence-electron chi connectivity index (χ3n) is 7.61. The highest BCUT2D eigenvalue weighted by Gasteiger charge is 2.31. The molecule has 3 nitrogen and oxygen atoms in total. The number of methoxy groups -OCH3 is 1. The number of diazo groups is 1. The van der Waals surface area contributed by atoms with Crippen LogP contribution >= 0.6 is 0 Å². The first kappa shape index (κ1) is 27.2. The third kappa shape index (κ3) is 5.66. The van der Waals surface area contributed by atoms with Crippen LogP contribution in [-0.2, 0) is 0 Å². The molecule has 0 aromatic heterocycles. The van der Waals surface area contributed by atoms with Gasteiger partial charge in [0.1, 0.15) is 11.9 Å². The quantitative estimate of drug-likeness (QED) is 0.173. The molecule has 0 saturated carbocycles. The van der Waals surface area contributed by atoms with Crippen molar-refractivity contribution in [2.75, 3.05) is 7.11 Å². The minimum atomic E-state index is -1.22. The second-order valence-electron chi connectivity index (χ2n) is 9.83. The van der Waals surface area contributed by atoms with Crippen LogP contribution in [0.3, 0.4) is 0 Å². The predicted molar refractivity (Wildman–Crippen MR) is 173 cm³/mol. The Morgan fingerprint density at radius 3 is 1.17 bits per heavy atom. The van der Waals surface area contributed by atoms with E-state index in [1.807, 2.05) is 42.5 Å². The van der Waals surface area contributed by atoms with Gasteiger partial charge in [-0.1, -0.05) is 152 Å². The van der Waals surface area contributed by atoms with Gasteiger partial charge in [-0.15, -0.1) is 0 Å². The number of benzene rings is 6. The van der Waals surface area contributed by atoms with Gasteiger partial charge in [-0.2, -0.15) is 21.9 Å². The standard InChI is InChI=1S/C24H20B.C13H11N2O/c1-5-13-21(14-6-1)25(22-15-7-2-8-16-22,23-17-9-3-10-18-23)24-19-11-4-12-20-24;1-16-13-9-5-3-7-11(13)10-6-2-4-8-12(10)15-14/h1-20H;2-9H,1H3/q-1;+1. The van der Waals surface area contributed by atoms with Crippen LogP contribution < -0.4 is 26.6 Å². The molecule has 0 N–H and O–H groups in total. The Labute approximate surface area is 242 Å². The largest absolute Gasteiger partial charge is 0.496 e. The third-order valence-corrected chi connectivity index (χ3v) is 7.61. The number of nitrogens with zero attached hydrogens (tertiary/aromatic N) is 2. The van der Waals surface area contributed by atoms with Crippen molar-refractivity contribution >= 4 is 33.7 Å². The molecule has 4 heteroatoms. The lowest BCUT2D eigenvalue weighted by Crippen LogP contribution is -2.74. The molecule has 0 saturated heterocycles. The molecule has 6 aromatic rings. The Morgan fingerprint density at radius 2 is 0.780 bits per heavy atom. The van der Waals surface area contributed by atoms with Gasteiger partial charge in [0.05, 0.1) is 12.7 Å². The summed E-state index contributed by atoms with van der Waals surface area (Å²) in [5, 5.41) is 8.93. The molecule has 6 aromatic carbocycles. The van der Waals surface area contributed by atoms with Crippen molar-refractivity contribution < 1.29 is 4.74 Å². The fraction of sp³-hybridized carbons (Fsp3) is 0.0270. The molecule has 198 valence electrons. The molecule has 0 radical (unpaired) electrons. The molecule has 0 heterocycles. The summed E-state index contributed by atoms with van der Waals surface area (Å²) in [7, 11) is 1.62. The second-order valence-corrected chi connectivity index (χ2v) is 9.83. The fourth-order valence-electron chi connectivity index (χ4n) is 5.78. The van der Waals surface area contributed by atoms with Gasteiger partial charge in [0.2, 0.25) is 5.39 Å². The van der Waals surface area contributed by atoms with Crippen molar-refractivity contribution in [3.8, 4) is 16.9 Å². The maximum atomic E-state index is 8.93. The van der Waals surface area contributed by atoms with E-state index in [2.05, 4.69) is 126 Å². The fourth-order valence-corrected chi connectivity index (χ4v) is 5.78. The van der Waals surface area contributed by atoms with Crippen LogP contribution in [0.25, 0.3) is 16.1 Å². The summed E-state index contributed by atoms with van der Waals surface area (Å²) in [6, 6.07) is 58.5. The van der Waals surface area contributed by atoms with Gasteiger partial charge in [-0.25, -0.2) is 0 Å². The van der Waals surface area contributed by atoms with E-state index in [0.717, 1.165) is 16.9 Å². The Kier molecular flexibility index (Phi) is 8.69. The van der Waals surface area contributed by atoms with Crippen molar-refractivity contribution in [1.82, 2.24) is 0 Å². The molecular formula is C37H31BN2O. The molecule has 41 heavy (non-hydrogen) atoms. The highest BCUT2D eigenvalue weighted by Crippen LogP contribution is 2.35. The minimum Gasteiger partial charge on any atom is -0.496 e. The minimum absolute atomic E-state index is 0.534. The smallest absolute Gasteiger partial charge is 0.392 e. The molecule has 0 spiro atoms.